The van der Waals surface area contributed by atoms with E-state index in [9.17, 15) is 4.91 Å². The highest BCUT2D eigenvalue weighted by Gasteiger charge is 2.09. The minimum Gasteiger partial charge on any atom is -0.495 e. The van der Waals surface area contributed by atoms with E-state index in [0.29, 0.717) is 42.0 Å². The molecule has 4 N–H and O–H groups in total. The number of hydrogen-bond donors (Lipinski definition) is 4. The second-order valence-corrected chi connectivity index (χ2v) is 4.14. The summed E-state index contributed by atoms with van der Waals surface area (Å²) in [6.07, 6.45) is 0. The molecule has 1 rings (SSSR count). The standard InChI is InChI=1S/C12H17N3O4S/c1-18-11-3-2-9(15-17)8-10(11)14-12(20)13-4-6-19-7-5-16/h2-3,8,16H,4-7H2,1H3,(H2,13,14,20)/p+1. The van der Waals surface area contributed by atoms with Crippen LogP contribution in [0.4, 0.5) is 11.4 Å². The van der Waals surface area contributed by atoms with Crippen LogP contribution in [0.5, 0.6) is 5.75 Å². The van der Waals surface area contributed by atoms with E-state index in [1.165, 1.54) is 7.11 Å². The number of rotatable bonds is 8. The van der Waals surface area contributed by atoms with E-state index < -0.39 is 0 Å². The third-order valence-electron chi connectivity index (χ3n) is 2.33. The first kappa shape index (κ1) is 16.3. The van der Waals surface area contributed by atoms with Crippen LogP contribution in [0.25, 0.3) is 0 Å². The Kier molecular flexibility index (Phi) is 7.48. The first-order valence-corrected chi connectivity index (χ1v) is 6.41. The van der Waals surface area contributed by atoms with Crippen LogP contribution in [0.2, 0.25) is 0 Å². The lowest BCUT2D eigenvalue weighted by Crippen LogP contribution is -2.55. The van der Waals surface area contributed by atoms with Crippen molar-refractivity contribution in [2.75, 3.05) is 38.8 Å². The Bertz CT molecular complexity index is 456. The number of anilines is 1. The summed E-state index contributed by atoms with van der Waals surface area (Å²) in [4.78, 5) is 10.6. The highest BCUT2D eigenvalue weighted by Crippen LogP contribution is 2.25. The molecule has 8 heteroatoms. The number of nitroso groups, excluding NO2 is 1. The molecule has 0 unspecified atom stereocenters. The molecular formula is C12H18N3O4S+. The minimum atomic E-state index is -0.00508. The van der Waals surface area contributed by atoms with Crippen LogP contribution < -0.4 is 20.5 Å². The first-order valence-electron chi connectivity index (χ1n) is 6.01. The van der Waals surface area contributed by atoms with Crippen LogP contribution in [0, 0.1) is 4.91 Å². The average molecular weight is 300 g/mol. The second-order valence-electron chi connectivity index (χ2n) is 3.73. The van der Waals surface area contributed by atoms with Gasteiger partial charge in [-0.25, -0.2) is 0 Å². The van der Waals surface area contributed by atoms with E-state index in [4.69, 9.17) is 26.8 Å². The fourth-order valence-corrected chi connectivity index (χ4v) is 1.65. The fraction of sp³-hybridized carbons (Fsp3) is 0.417. The molecule has 0 fully saturated rings. The maximum atomic E-state index is 10.6. The minimum absolute atomic E-state index is 0.00508. The number of hydrogen-bond acceptors (Lipinski definition) is 5. The number of methoxy groups -OCH3 is 1. The summed E-state index contributed by atoms with van der Waals surface area (Å²) < 4.78 is 10.3. The highest BCUT2D eigenvalue weighted by molar-refractivity contribution is 7.80. The molecule has 0 aliphatic heterocycles. The molecule has 0 aliphatic carbocycles. The van der Waals surface area contributed by atoms with Crippen LogP contribution in [-0.4, -0.2) is 43.7 Å². The van der Waals surface area contributed by atoms with Gasteiger partial charge in [-0.3, -0.25) is 0 Å². The molecule has 0 spiro atoms. The largest absolute Gasteiger partial charge is 0.495 e. The van der Waals surface area contributed by atoms with Gasteiger partial charge in [0.1, 0.15) is 5.75 Å². The zero-order valence-corrected chi connectivity index (χ0v) is 12.0. The Morgan fingerprint density at radius 3 is 2.90 bits per heavy atom. The van der Waals surface area contributed by atoms with Crippen molar-refractivity contribution in [2.45, 2.75) is 0 Å². The fourth-order valence-electron chi connectivity index (χ4n) is 1.44. The SMILES string of the molecule is COc1ccc([NH+]=O)cc1NC(=S)NCCOCCO. The van der Waals surface area contributed by atoms with Crippen LogP contribution in [0.3, 0.4) is 0 Å². The van der Waals surface area contributed by atoms with Crippen LogP contribution in [0.1, 0.15) is 0 Å². The van der Waals surface area contributed by atoms with Crippen LogP contribution in [-0.2, 0) is 4.74 Å². The predicted molar refractivity (Wildman–Crippen MR) is 79.1 cm³/mol. The van der Waals surface area contributed by atoms with Crippen molar-refractivity contribution >= 4 is 28.7 Å². The quantitative estimate of drug-likeness (QED) is 0.379. The molecule has 0 radical (unpaired) electrons. The topological polar surface area (TPSA) is 93.8 Å². The van der Waals surface area contributed by atoms with Gasteiger partial charge in [0.2, 0.25) is 0 Å². The number of nitrogens with one attached hydrogen (secondary N) is 3. The van der Waals surface area contributed by atoms with Crippen molar-refractivity contribution in [1.29, 1.82) is 0 Å². The van der Waals surface area contributed by atoms with Gasteiger partial charge in [0, 0.05) is 28.8 Å². The molecule has 0 atom stereocenters. The smallest absolute Gasteiger partial charge is 0.255 e. The normalized spacial score (nSPS) is 9.90. The summed E-state index contributed by atoms with van der Waals surface area (Å²) in [5.41, 5.74) is 0.990. The Balaban J connectivity index is 2.50. The van der Waals surface area contributed by atoms with Crippen molar-refractivity contribution in [3.05, 3.63) is 23.1 Å². The monoisotopic (exact) mass is 300 g/mol. The Labute approximate surface area is 122 Å². The number of benzene rings is 1. The molecule has 0 heterocycles. The van der Waals surface area contributed by atoms with Crippen LogP contribution in [0.15, 0.2) is 18.2 Å². The van der Waals surface area contributed by atoms with Gasteiger partial charge >= 0.3 is 0 Å². The lowest BCUT2D eigenvalue weighted by molar-refractivity contribution is -0.379. The maximum Gasteiger partial charge on any atom is 0.255 e. The molecular weight excluding hydrogens is 282 g/mol. The van der Waals surface area contributed by atoms with Gasteiger partial charge in [0.05, 0.1) is 32.6 Å². The van der Waals surface area contributed by atoms with Gasteiger partial charge in [0.15, 0.2) is 5.11 Å². The second kappa shape index (κ2) is 9.18. The van der Waals surface area contributed by atoms with Gasteiger partial charge < -0.3 is 25.2 Å². The van der Waals surface area contributed by atoms with Crippen molar-refractivity contribution in [2.24, 2.45) is 0 Å². The molecule has 7 nitrogen and oxygen atoms in total. The van der Waals surface area contributed by atoms with Gasteiger partial charge in [-0.05, 0) is 18.3 Å². The average Bonchev–Trinajstić information content (AvgIpc) is 2.47. The van der Waals surface area contributed by atoms with E-state index in [1.54, 1.807) is 23.4 Å². The molecule has 0 saturated heterocycles. The van der Waals surface area contributed by atoms with Gasteiger partial charge in [-0.15, -0.1) is 0 Å². The van der Waals surface area contributed by atoms with E-state index in [-0.39, 0.29) is 6.61 Å². The highest BCUT2D eigenvalue weighted by atomic mass is 32.1. The van der Waals surface area contributed by atoms with E-state index in [0.717, 1.165) is 0 Å². The van der Waals surface area contributed by atoms with Gasteiger partial charge in [0.25, 0.3) is 5.69 Å². The third-order valence-corrected chi connectivity index (χ3v) is 2.58. The number of aliphatic hydroxyl groups excluding tert-OH is 1. The number of ether oxygens (including phenoxy) is 2. The molecule has 0 saturated carbocycles. The lowest BCUT2D eigenvalue weighted by Gasteiger charge is -2.12. The predicted octanol–water partition coefficient (Wildman–Crippen LogP) is -0.531. The molecule has 0 aromatic heterocycles. The molecule has 0 amide bonds. The number of thiocarbonyl (C=S) groups is 1. The number of aliphatic hydroxyl groups is 1. The first-order chi connectivity index (χ1) is 9.71. The van der Waals surface area contributed by atoms with Gasteiger partial charge in [-0.1, -0.05) is 0 Å². The molecule has 0 aliphatic rings. The van der Waals surface area contributed by atoms with E-state index >= 15 is 0 Å². The lowest BCUT2D eigenvalue weighted by atomic mass is 10.2. The van der Waals surface area contributed by atoms with E-state index in [1.807, 2.05) is 0 Å². The maximum absolute atomic E-state index is 10.6. The third kappa shape index (κ3) is 5.47. The van der Waals surface area contributed by atoms with Gasteiger partial charge in [-0.2, -0.15) is 0 Å². The van der Waals surface area contributed by atoms with Crippen molar-refractivity contribution in [3.8, 4) is 5.75 Å². The summed E-state index contributed by atoms with van der Waals surface area (Å²) in [5, 5.41) is 16.6. The summed E-state index contributed by atoms with van der Waals surface area (Å²) >= 11 is 5.12. The molecule has 1 aromatic rings. The molecule has 0 bridgehead atoms. The Morgan fingerprint density at radius 1 is 1.45 bits per heavy atom. The molecule has 110 valence electrons. The van der Waals surface area contributed by atoms with E-state index in [2.05, 4.69) is 10.6 Å². The summed E-state index contributed by atoms with van der Waals surface area (Å²) in [6.45, 7) is 1.23. The zero-order valence-electron chi connectivity index (χ0n) is 11.1. The van der Waals surface area contributed by atoms with Crippen molar-refractivity contribution in [1.82, 2.24) is 5.32 Å². The summed E-state index contributed by atoms with van der Waals surface area (Å²) in [5.74, 6) is 0.574. The Hall–Kier alpha value is -1.77. The zero-order chi connectivity index (χ0) is 14.8. The summed E-state index contributed by atoms with van der Waals surface area (Å²) in [7, 11) is 1.53. The Morgan fingerprint density at radius 2 is 2.25 bits per heavy atom. The van der Waals surface area contributed by atoms with Crippen LogP contribution >= 0.6 is 12.2 Å². The molecule has 1 aromatic carbocycles. The van der Waals surface area contributed by atoms with Crippen molar-refractivity contribution < 1.29 is 19.8 Å². The van der Waals surface area contributed by atoms with Crippen molar-refractivity contribution in [3.63, 3.8) is 0 Å². The summed E-state index contributed by atoms with van der Waals surface area (Å²) in [6, 6.07) is 4.87. The molecule has 20 heavy (non-hydrogen) atoms.